The molecule has 0 spiro atoms. The van der Waals surface area contributed by atoms with E-state index in [0.717, 1.165) is 16.9 Å². The van der Waals surface area contributed by atoms with Crippen molar-refractivity contribution in [3.05, 3.63) is 95.5 Å². The second-order valence-electron chi connectivity index (χ2n) is 6.75. The van der Waals surface area contributed by atoms with Crippen molar-refractivity contribution >= 4 is 34.9 Å². The molecule has 1 amide bonds. The van der Waals surface area contributed by atoms with Crippen LogP contribution in [0, 0.1) is 0 Å². The molecule has 0 heterocycles. The Kier molecular flexibility index (Phi) is 6.81. The van der Waals surface area contributed by atoms with E-state index in [9.17, 15) is 9.59 Å². The number of hydrogen-bond donors (Lipinski definition) is 0. The van der Waals surface area contributed by atoms with Gasteiger partial charge in [-0.2, -0.15) is 4.48 Å². The van der Waals surface area contributed by atoms with E-state index in [0.29, 0.717) is 18.0 Å². The van der Waals surface area contributed by atoms with Gasteiger partial charge in [0.1, 0.15) is 11.4 Å². The van der Waals surface area contributed by atoms with Gasteiger partial charge in [0.25, 0.3) is 0 Å². The van der Waals surface area contributed by atoms with Crippen molar-refractivity contribution in [2.75, 3.05) is 13.2 Å². The number of halogens is 1. The molecule has 0 aromatic heterocycles. The van der Waals surface area contributed by atoms with Crippen LogP contribution in [0.15, 0.2) is 84.9 Å². The first kappa shape index (κ1) is 20.8. The van der Waals surface area contributed by atoms with Crippen LogP contribution in [0.3, 0.4) is 0 Å². The fourth-order valence-electron chi connectivity index (χ4n) is 3.41. The second-order valence-corrected chi connectivity index (χ2v) is 7.19. The fraction of sp³-hybridized carbons (Fsp3) is 0.167. The zero-order valence-corrected chi connectivity index (χ0v) is 17.0. The van der Waals surface area contributed by atoms with Crippen molar-refractivity contribution in [2.24, 2.45) is 0 Å². The predicted molar refractivity (Wildman–Crippen MR) is 116 cm³/mol. The van der Waals surface area contributed by atoms with Crippen LogP contribution in [0.25, 0.3) is 0 Å². The van der Waals surface area contributed by atoms with Crippen molar-refractivity contribution < 1.29 is 14.3 Å². The third-order valence-electron chi connectivity index (χ3n) is 4.87. The molecule has 0 unspecified atom stereocenters. The molecule has 3 rings (SSSR count). The number of quaternary nitrogens is 1. The summed E-state index contributed by atoms with van der Waals surface area (Å²) in [6.07, 6.45) is 0.646. The molecule has 0 saturated carbocycles. The van der Waals surface area contributed by atoms with Gasteiger partial charge < -0.3 is 4.74 Å². The van der Waals surface area contributed by atoms with Crippen molar-refractivity contribution in [1.82, 2.24) is 4.48 Å². The molecule has 29 heavy (non-hydrogen) atoms. The molecule has 0 aliphatic heterocycles. The number of esters is 1. The van der Waals surface area contributed by atoms with Crippen LogP contribution in [0.4, 0.5) is 11.4 Å². The highest BCUT2D eigenvalue weighted by atomic mass is 35.5. The van der Waals surface area contributed by atoms with E-state index in [2.05, 4.69) is 0 Å². The molecule has 0 aliphatic carbocycles. The Labute approximate surface area is 175 Å². The molecular weight excluding hydrogens is 386 g/mol. The van der Waals surface area contributed by atoms with E-state index in [1.165, 1.54) is 6.92 Å². The third kappa shape index (κ3) is 4.91. The number of hydrogen-bond acceptors (Lipinski definition) is 3. The van der Waals surface area contributed by atoms with Crippen molar-refractivity contribution in [3.63, 3.8) is 0 Å². The minimum Gasteiger partial charge on any atom is -0.451 e. The standard InChI is InChI=1S/C24H23ClNO3/c1-19(27)29-18-24(28)26(22-8-4-2-5-9-22,23-10-6-3-7-11-23)17-16-20-12-14-21(25)15-13-20/h2-15H,16-18H2,1H3/q+1. The number of para-hydroxylation sites is 2. The lowest BCUT2D eigenvalue weighted by Gasteiger charge is -2.35. The Morgan fingerprint density at radius 1 is 0.828 bits per heavy atom. The molecule has 5 heteroatoms. The maximum atomic E-state index is 13.5. The summed E-state index contributed by atoms with van der Waals surface area (Å²) in [5.41, 5.74) is 2.72. The van der Waals surface area contributed by atoms with Crippen LogP contribution in [-0.2, 0) is 20.7 Å². The van der Waals surface area contributed by atoms with E-state index in [-0.39, 0.29) is 17.0 Å². The number of benzene rings is 3. The molecule has 148 valence electrons. The van der Waals surface area contributed by atoms with Crippen LogP contribution in [0.5, 0.6) is 0 Å². The summed E-state index contributed by atoms with van der Waals surface area (Å²) in [6, 6.07) is 26.8. The number of carbonyl (C=O) groups is 2. The number of rotatable bonds is 7. The highest BCUT2D eigenvalue weighted by Crippen LogP contribution is 2.35. The van der Waals surface area contributed by atoms with Gasteiger partial charge in [0.15, 0.2) is 0 Å². The predicted octanol–water partition coefficient (Wildman–Crippen LogP) is 5.31. The first-order valence-electron chi connectivity index (χ1n) is 9.43. The summed E-state index contributed by atoms with van der Waals surface area (Å²) in [5.74, 6) is -0.679. The van der Waals surface area contributed by atoms with E-state index in [4.69, 9.17) is 16.3 Å². The highest BCUT2D eigenvalue weighted by molar-refractivity contribution is 6.30. The third-order valence-corrected chi connectivity index (χ3v) is 5.12. The summed E-state index contributed by atoms with van der Waals surface area (Å²) < 4.78 is 5.05. The molecule has 0 bridgehead atoms. The quantitative estimate of drug-likeness (QED) is 0.393. The first-order chi connectivity index (χ1) is 14.0. The average Bonchev–Trinajstić information content (AvgIpc) is 2.75. The normalized spacial score (nSPS) is 11.1. The van der Waals surface area contributed by atoms with E-state index in [1.54, 1.807) is 0 Å². The van der Waals surface area contributed by atoms with Crippen LogP contribution in [-0.4, -0.2) is 25.0 Å². The lowest BCUT2D eigenvalue weighted by Crippen LogP contribution is -2.53. The number of carbonyl (C=O) groups excluding carboxylic acids is 2. The van der Waals surface area contributed by atoms with Gasteiger partial charge >= 0.3 is 11.9 Å². The maximum Gasteiger partial charge on any atom is 0.361 e. The minimum atomic E-state index is -0.477. The van der Waals surface area contributed by atoms with E-state index in [1.807, 2.05) is 84.9 Å². The molecule has 0 aliphatic rings. The van der Waals surface area contributed by atoms with Crippen molar-refractivity contribution in [1.29, 1.82) is 0 Å². The molecule has 0 fully saturated rings. The Balaban J connectivity index is 2.06. The van der Waals surface area contributed by atoms with Gasteiger partial charge in [0.2, 0.25) is 6.61 Å². The van der Waals surface area contributed by atoms with Gasteiger partial charge in [-0.1, -0.05) is 60.1 Å². The smallest absolute Gasteiger partial charge is 0.361 e. The maximum absolute atomic E-state index is 13.5. The Morgan fingerprint density at radius 3 is 1.83 bits per heavy atom. The summed E-state index contributed by atoms with van der Waals surface area (Å²) in [6.45, 7) is 1.50. The number of amides is 1. The molecule has 3 aromatic rings. The topological polar surface area (TPSA) is 43.4 Å². The molecule has 0 atom stereocenters. The van der Waals surface area contributed by atoms with Crippen LogP contribution >= 0.6 is 11.6 Å². The largest absolute Gasteiger partial charge is 0.451 e. The minimum absolute atomic E-state index is 0.0441. The van der Waals surface area contributed by atoms with Gasteiger partial charge in [-0.05, 0) is 17.7 Å². The Morgan fingerprint density at radius 2 is 1.34 bits per heavy atom. The fourth-order valence-corrected chi connectivity index (χ4v) is 3.53. The summed E-state index contributed by atoms with van der Waals surface area (Å²) in [5, 5.41) is 0.673. The second kappa shape index (κ2) is 9.50. The van der Waals surface area contributed by atoms with E-state index >= 15 is 0 Å². The molecular formula is C24H23ClNO3+. The summed E-state index contributed by atoms with van der Waals surface area (Å²) in [4.78, 5) is 24.9. The van der Waals surface area contributed by atoms with Crippen LogP contribution in [0.1, 0.15) is 12.5 Å². The molecule has 0 N–H and O–H groups in total. The Hall–Kier alpha value is -2.95. The Bertz CT molecular complexity index is 917. The highest BCUT2D eigenvalue weighted by Gasteiger charge is 2.41. The van der Waals surface area contributed by atoms with E-state index < -0.39 is 5.97 Å². The van der Waals surface area contributed by atoms with Crippen molar-refractivity contribution in [3.8, 4) is 0 Å². The lowest BCUT2D eigenvalue weighted by molar-refractivity contribution is -0.148. The molecule has 0 saturated heterocycles. The first-order valence-corrected chi connectivity index (χ1v) is 9.80. The molecule has 4 nitrogen and oxygen atoms in total. The zero-order valence-electron chi connectivity index (χ0n) is 16.3. The van der Waals surface area contributed by atoms with Crippen LogP contribution in [0.2, 0.25) is 5.02 Å². The van der Waals surface area contributed by atoms with Gasteiger partial charge in [-0.25, -0.2) is 4.79 Å². The van der Waals surface area contributed by atoms with Gasteiger partial charge in [0, 0.05) is 42.6 Å². The summed E-state index contributed by atoms with van der Waals surface area (Å²) in [7, 11) is 0. The number of nitrogens with zero attached hydrogens (tertiary/aromatic N) is 1. The molecule has 3 aromatic carbocycles. The van der Waals surface area contributed by atoms with Crippen LogP contribution < -0.4 is 4.48 Å². The van der Waals surface area contributed by atoms with Gasteiger partial charge in [-0.3, -0.25) is 4.79 Å². The SMILES string of the molecule is CC(=O)OCC(=O)[N+](CCc1ccc(Cl)cc1)(c1ccccc1)c1ccccc1. The summed E-state index contributed by atoms with van der Waals surface area (Å²) >= 11 is 6.01. The van der Waals surface area contributed by atoms with Gasteiger partial charge in [-0.15, -0.1) is 0 Å². The molecule has 0 radical (unpaired) electrons. The number of ether oxygens (including phenoxy) is 1. The lowest BCUT2D eigenvalue weighted by atomic mass is 10.1. The average molecular weight is 409 g/mol. The van der Waals surface area contributed by atoms with Gasteiger partial charge in [0.05, 0.1) is 6.54 Å². The van der Waals surface area contributed by atoms with Crippen molar-refractivity contribution in [2.45, 2.75) is 13.3 Å². The zero-order chi connectivity index (χ0) is 20.7. The monoisotopic (exact) mass is 408 g/mol.